The van der Waals surface area contributed by atoms with Crippen LogP contribution in [0.25, 0.3) is 0 Å². The molecule has 21 heavy (non-hydrogen) atoms. The van der Waals surface area contributed by atoms with Gasteiger partial charge in [0.05, 0.1) is 12.0 Å². The van der Waals surface area contributed by atoms with Crippen LogP contribution in [0.1, 0.15) is 50.4 Å². The van der Waals surface area contributed by atoms with E-state index in [0.29, 0.717) is 24.9 Å². The van der Waals surface area contributed by atoms with Gasteiger partial charge in [0.25, 0.3) is 0 Å². The van der Waals surface area contributed by atoms with Gasteiger partial charge in [-0.15, -0.1) is 0 Å². The first kappa shape index (κ1) is 14.9. The molecule has 6 nitrogen and oxygen atoms in total. The third-order valence-electron chi connectivity index (χ3n) is 5.08. The zero-order valence-corrected chi connectivity index (χ0v) is 13.0. The number of nitrogens with two attached hydrogens (primary N) is 1. The Hall–Kier alpha value is -0.980. The number of likely N-dealkylation sites (N-methyl/N-ethyl adjacent to an activating group) is 1. The molecule has 1 saturated carbocycles. The van der Waals surface area contributed by atoms with E-state index in [2.05, 4.69) is 29.0 Å². The van der Waals surface area contributed by atoms with E-state index < -0.39 is 0 Å². The SMILES string of the molecule is CC1CCC(CN)(c2nc(C3CN(C)CCO3)no2)CC1. The van der Waals surface area contributed by atoms with Gasteiger partial charge in [-0.25, -0.2) is 0 Å². The van der Waals surface area contributed by atoms with Gasteiger partial charge in [0.1, 0.15) is 6.10 Å². The molecule has 0 aromatic carbocycles. The van der Waals surface area contributed by atoms with E-state index >= 15 is 0 Å². The highest BCUT2D eigenvalue weighted by Crippen LogP contribution is 2.40. The summed E-state index contributed by atoms with van der Waals surface area (Å²) in [6.45, 7) is 5.35. The molecule has 2 aliphatic rings. The summed E-state index contributed by atoms with van der Waals surface area (Å²) in [5.74, 6) is 2.15. The van der Waals surface area contributed by atoms with Gasteiger partial charge >= 0.3 is 0 Å². The zero-order chi connectivity index (χ0) is 14.9. The quantitative estimate of drug-likeness (QED) is 0.910. The van der Waals surface area contributed by atoms with Crippen LogP contribution in [0.4, 0.5) is 0 Å². The van der Waals surface area contributed by atoms with E-state index in [9.17, 15) is 0 Å². The lowest BCUT2D eigenvalue weighted by Crippen LogP contribution is -2.39. The summed E-state index contributed by atoms with van der Waals surface area (Å²) in [6, 6.07) is 0. The lowest BCUT2D eigenvalue weighted by molar-refractivity contribution is -0.0264. The number of hydrogen-bond acceptors (Lipinski definition) is 6. The molecule has 1 aliphatic heterocycles. The van der Waals surface area contributed by atoms with Gasteiger partial charge in [0.2, 0.25) is 11.7 Å². The highest BCUT2D eigenvalue weighted by Gasteiger charge is 2.40. The van der Waals surface area contributed by atoms with Gasteiger partial charge < -0.3 is 19.9 Å². The Kier molecular flexibility index (Phi) is 4.28. The second-order valence-electron chi connectivity index (χ2n) is 6.75. The standard InChI is InChI=1S/C15H26N4O2/c1-11-3-5-15(10-16,6-4-11)14-17-13(18-21-14)12-9-19(2)7-8-20-12/h11-12H,3-10,16H2,1-2H3. The summed E-state index contributed by atoms with van der Waals surface area (Å²) in [6.07, 6.45) is 4.35. The average Bonchev–Trinajstić information content (AvgIpc) is 2.99. The summed E-state index contributed by atoms with van der Waals surface area (Å²) in [5, 5.41) is 4.17. The Morgan fingerprint density at radius 2 is 2.14 bits per heavy atom. The van der Waals surface area contributed by atoms with Crippen LogP contribution in [0.5, 0.6) is 0 Å². The predicted octanol–water partition coefficient (Wildman–Crippen LogP) is 1.48. The first-order chi connectivity index (χ1) is 10.1. The van der Waals surface area contributed by atoms with Crippen molar-refractivity contribution in [3.05, 3.63) is 11.7 Å². The fraction of sp³-hybridized carbons (Fsp3) is 0.867. The summed E-state index contributed by atoms with van der Waals surface area (Å²) < 4.78 is 11.3. The molecule has 1 aromatic rings. The maximum absolute atomic E-state index is 6.06. The van der Waals surface area contributed by atoms with Crippen LogP contribution in [0.2, 0.25) is 0 Å². The van der Waals surface area contributed by atoms with Gasteiger partial charge in [-0.2, -0.15) is 4.98 Å². The number of nitrogens with zero attached hydrogens (tertiary/aromatic N) is 3. The van der Waals surface area contributed by atoms with Crippen molar-refractivity contribution in [2.45, 2.75) is 44.1 Å². The number of rotatable bonds is 3. The second kappa shape index (κ2) is 6.02. The van der Waals surface area contributed by atoms with Crippen LogP contribution in [0.3, 0.4) is 0 Å². The molecule has 3 rings (SSSR count). The second-order valence-corrected chi connectivity index (χ2v) is 6.75. The molecule has 0 bridgehead atoms. The minimum atomic E-state index is -0.127. The smallest absolute Gasteiger partial charge is 0.234 e. The zero-order valence-electron chi connectivity index (χ0n) is 13.0. The number of morpholine rings is 1. The van der Waals surface area contributed by atoms with Crippen LogP contribution < -0.4 is 5.73 Å². The van der Waals surface area contributed by atoms with Crippen molar-refractivity contribution in [2.24, 2.45) is 11.7 Å². The third kappa shape index (κ3) is 2.98. The highest BCUT2D eigenvalue weighted by atomic mass is 16.5. The highest BCUT2D eigenvalue weighted by molar-refractivity contribution is 5.09. The van der Waals surface area contributed by atoms with Crippen LogP contribution in [0, 0.1) is 5.92 Å². The molecule has 118 valence electrons. The van der Waals surface area contributed by atoms with Crippen LogP contribution in [-0.4, -0.2) is 48.3 Å². The molecule has 1 atom stereocenters. The van der Waals surface area contributed by atoms with Crippen LogP contribution in [0.15, 0.2) is 4.52 Å². The van der Waals surface area contributed by atoms with Gasteiger partial charge in [-0.1, -0.05) is 12.1 Å². The summed E-state index contributed by atoms with van der Waals surface area (Å²) >= 11 is 0. The normalized spacial score (nSPS) is 35.0. The van der Waals surface area contributed by atoms with Crippen molar-refractivity contribution < 1.29 is 9.26 Å². The number of aromatic nitrogens is 2. The molecule has 0 radical (unpaired) electrons. The molecule has 2 N–H and O–H groups in total. The minimum absolute atomic E-state index is 0.0846. The summed E-state index contributed by atoms with van der Waals surface area (Å²) in [4.78, 5) is 6.88. The molecular formula is C15H26N4O2. The van der Waals surface area contributed by atoms with E-state index in [1.54, 1.807) is 0 Å². The first-order valence-corrected chi connectivity index (χ1v) is 7.97. The Balaban J connectivity index is 1.77. The Labute approximate surface area is 126 Å². The number of hydrogen-bond donors (Lipinski definition) is 1. The molecule has 2 heterocycles. The van der Waals surface area contributed by atoms with E-state index in [1.807, 2.05) is 0 Å². The third-order valence-corrected chi connectivity index (χ3v) is 5.08. The molecule has 2 fully saturated rings. The molecule has 1 saturated heterocycles. The van der Waals surface area contributed by atoms with Crippen molar-refractivity contribution in [1.29, 1.82) is 0 Å². The lowest BCUT2D eigenvalue weighted by atomic mass is 9.71. The maximum atomic E-state index is 6.06. The van der Waals surface area contributed by atoms with Crippen molar-refractivity contribution in [2.75, 3.05) is 33.3 Å². The molecule has 0 amide bonds. The van der Waals surface area contributed by atoms with Crippen molar-refractivity contribution in [3.63, 3.8) is 0 Å². The molecule has 1 aliphatic carbocycles. The van der Waals surface area contributed by atoms with Gasteiger partial charge in [-0.05, 0) is 38.6 Å². The van der Waals surface area contributed by atoms with Gasteiger partial charge in [-0.3, -0.25) is 0 Å². The fourth-order valence-electron chi connectivity index (χ4n) is 3.34. The molecule has 1 aromatic heterocycles. The maximum Gasteiger partial charge on any atom is 0.234 e. The van der Waals surface area contributed by atoms with Crippen molar-refractivity contribution in [1.82, 2.24) is 15.0 Å². The van der Waals surface area contributed by atoms with E-state index in [4.69, 9.17) is 15.0 Å². The minimum Gasteiger partial charge on any atom is -0.367 e. The predicted molar refractivity (Wildman–Crippen MR) is 78.9 cm³/mol. The largest absolute Gasteiger partial charge is 0.367 e. The summed E-state index contributed by atoms with van der Waals surface area (Å²) in [7, 11) is 2.08. The molecule has 6 heteroatoms. The Bertz CT molecular complexity index is 468. The van der Waals surface area contributed by atoms with Gasteiger partial charge in [0.15, 0.2) is 0 Å². The Morgan fingerprint density at radius 3 is 2.81 bits per heavy atom. The Morgan fingerprint density at radius 1 is 1.38 bits per heavy atom. The fourth-order valence-corrected chi connectivity index (χ4v) is 3.34. The topological polar surface area (TPSA) is 77.4 Å². The molecule has 0 spiro atoms. The van der Waals surface area contributed by atoms with E-state index in [1.165, 1.54) is 12.8 Å². The number of ether oxygens (including phenoxy) is 1. The average molecular weight is 294 g/mol. The van der Waals surface area contributed by atoms with Crippen LogP contribution in [-0.2, 0) is 10.2 Å². The summed E-state index contributed by atoms with van der Waals surface area (Å²) in [5.41, 5.74) is 5.93. The van der Waals surface area contributed by atoms with E-state index in [-0.39, 0.29) is 11.5 Å². The molecular weight excluding hydrogens is 268 g/mol. The van der Waals surface area contributed by atoms with Gasteiger partial charge in [0, 0.05) is 19.6 Å². The molecule has 1 unspecified atom stereocenters. The first-order valence-electron chi connectivity index (χ1n) is 7.97. The van der Waals surface area contributed by atoms with Crippen LogP contribution >= 0.6 is 0 Å². The monoisotopic (exact) mass is 294 g/mol. The van der Waals surface area contributed by atoms with Crippen molar-refractivity contribution >= 4 is 0 Å². The van der Waals surface area contributed by atoms with Crippen molar-refractivity contribution in [3.8, 4) is 0 Å². The lowest BCUT2D eigenvalue weighted by Gasteiger charge is -2.35. The van der Waals surface area contributed by atoms with E-state index in [0.717, 1.165) is 31.8 Å².